The van der Waals surface area contributed by atoms with Gasteiger partial charge in [0.25, 0.3) is 0 Å². The number of rotatable bonds is 7. The summed E-state index contributed by atoms with van der Waals surface area (Å²) in [4.78, 5) is 23.6. The topological polar surface area (TPSA) is 52.6 Å². The fourth-order valence-electron chi connectivity index (χ4n) is 2.06. The zero-order valence-corrected chi connectivity index (χ0v) is 13.4. The average molecular weight is 312 g/mol. The fraction of sp³-hybridized carbons (Fsp3) is 0.263. The molecule has 23 heavy (non-hydrogen) atoms. The molecule has 0 aliphatic rings. The zero-order chi connectivity index (χ0) is 16.7. The summed E-state index contributed by atoms with van der Waals surface area (Å²) in [5.74, 6) is 0.0878. The van der Waals surface area contributed by atoms with Crippen LogP contribution < -0.4 is 4.74 Å². The van der Waals surface area contributed by atoms with Crippen molar-refractivity contribution in [2.75, 3.05) is 13.2 Å². The summed E-state index contributed by atoms with van der Waals surface area (Å²) in [5.41, 5.74) is 2.28. The molecule has 0 heterocycles. The van der Waals surface area contributed by atoms with Crippen LogP contribution in [0.3, 0.4) is 0 Å². The molecule has 0 aliphatic carbocycles. The molecule has 0 atom stereocenters. The van der Waals surface area contributed by atoms with Gasteiger partial charge in [-0.1, -0.05) is 31.2 Å². The Bertz CT molecular complexity index is 657. The minimum Gasteiger partial charge on any atom is -0.485 e. The van der Waals surface area contributed by atoms with Gasteiger partial charge in [0, 0.05) is 5.56 Å². The number of ketones is 1. The van der Waals surface area contributed by atoms with E-state index >= 15 is 0 Å². The van der Waals surface area contributed by atoms with E-state index in [0.29, 0.717) is 23.5 Å². The van der Waals surface area contributed by atoms with Crippen LogP contribution in [-0.2, 0) is 11.2 Å². The summed E-state index contributed by atoms with van der Waals surface area (Å²) in [7, 11) is 0. The summed E-state index contributed by atoms with van der Waals surface area (Å²) < 4.78 is 10.4. The normalized spacial score (nSPS) is 10.2. The third-order valence-corrected chi connectivity index (χ3v) is 3.42. The van der Waals surface area contributed by atoms with Crippen LogP contribution >= 0.6 is 0 Å². The van der Waals surface area contributed by atoms with Crippen molar-refractivity contribution in [1.82, 2.24) is 0 Å². The van der Waals surface area contributed by atoms with Crippen LogP contribution in [0.25, 0.3) is 0 Å². The summed E-state index contributed by atoms with van der Waals surface area (Å²) in [6.07, 6.45) is 0.942. The third kappa shape index (κ3) is 4.68. The van der Waals surface area contributed by atoms with Gasteiger partial charge in [-0.05, 0) is 43.2 Å². The lowest BCUT2D eigenvalue weighted by Crippen LogP contribution is -2.11. The van der Waals surface area contributed by atoms with Gasteiger partial charge in [-0.2, -0.15) is 0 Å². The van der Waals surface area contributed by atoms with Crippen molar-refractivity contribution in [2.45, 2.75) is 20.3 Å². The molecule has 0 aliphatic heterocycles. The van der Waals surface area contributed by atoms with Gasteiger partial charge in [0.1, 0.15) is 5.75 Å². The van der Waals surface area contributed by atoms with Gasteiger partial charge in [0.05, 0.1) is 12.2 Å². The highest BCUT2D eigenvalue weighted by molar-refractivity contribution is 5.97. The van der Waals surface area contributed by atoms with Gasteiger partial charge in [-0.15, -0.1) is 0 Å². The Kier molecular flexibility index (Phi) is 5.92. The van der Waals surface area contributed by atoms with Crippen molar-refractivity contribution >= 4 is 11.8 Å². The van der Waals surface area contributed by atoms with Gasteiger partial charge in [-0.25, -0.2) is 4.79 Å². The maximum absolute atomic E-state index is 12.1. The van der Waals surface area contributed by atoms with E-state index in [0.717, 1.165) is 6.42 Å². The Hall–Kier alpha value is -2.62. The molecule has 0 spiro atoms. The zero-order valence-electron chi connectivity index (χ0n) is 13.4. The molecule has 2 aromatic rings. The molecular weight excluding hydrogens is 292 g/mol. The van der Waals surface area contributed by atoms with Crippen LogP contribution in [0.15, 0.2) is 48.5 Å². The maximum atomic E-state index is 12.1. The van der Waals surface area contributed by atoms with Gasteiger partial charge in [-0.3, -0.25) is 4.79 Å². The van der Waals surface area contributed by atoms with E-state index in [1.165, 1.54) is 5.56 Å². The summed E-state index contributed by atoms with van der Waals surface area (Å²) in [5, 5.41) is 0. The Labute approximate surface area is 136 Å². The van der Waals surface area contributed by atoms with Crippen LogP contribution in [0, 0.1) is 0 Å². The molecule has 0 saturated heterocycles. The lowest BCUT2D eigenvalue weighted by Gasteiger charge is -2.07. The lowest BCUT2D eigenvalue weighted by atomic mass is 10.1. The van der Waals surface area contributed by atoms with Gasteiger partial charge < -0.3 is 9.47 Å². The highest BCUT2D eigenvalue weighted by atomic mass is 16.5. The van der Waals surface area contributed by atoms with Crippen molar-refractivity contribution < 1.29 is 19.1 Å². The first-order valence-electron chi connectivity index (χ1n) is 7.66. The lowest BCUT2D eigenvalue weighted by molar-refractivity contribution is 0.0526. The third-order valence-electron chi connectivity index (χ3n) is 3.42. The smallest absolute Gasteiger partial charge is 0.338 e. The van der Waals surface area contributed by atoms with Crippen molar-refractivity contribution in [3.63, 3.8) is 0 Å². The standard InChI is InChI=1S/C19H20O4/c1-3-14-5-7-15(8-6-14)18(20)13-23-17-11-9-16(10-12-17)19(21)22-4-2/h5-12H,3-4,13H2,1-2H3. The first-order valence-corrected chi connectivity index (χ1v) is 7.66. The molecule has 0 unspecified atom stereocenters. The van der Waals surface area contributed by atoms with Gasteiger partial charge in [0.2, 0.25) is 0 Å². The molecule has 2 rings (SSSR count). The molecule has 0 saturated carbocycles. The predicted octanol–water partition coefficient (Wildman–Crippen LogP) is 3.69. The van der Waals surface area contributed by atoms with Crippen LogP contribution in [0.1, 0.15) is 40.1 Å². The van der Waals surface area contributed by atoms with Crippen LogP contribution in [0.5, 0.6) is 5.75 Å². The van der Waals surface area contributed by atoms with E-state index in [1.807, 2.05) is 24.3 Å². The first kappa shape index (κ1) is 16.7. The van der Waals surface area contributed by atoms with Crippen LogP contribution in [0.2, 0.25) is 0 Å². The molecule has 0 aromatic heterocycles. The minimum absolute atomic E-state index is 0.0375. The SMILES string of the molecule is CCOC(=O)c1ccc(OCC(=O)c2ccc(CC)cc2)cc1. The van der Waals surface area contributed by atoms with E-state index in [2.05, 4.69) is 6.92 Å². The number of benzene rings is 2. The largest absolute Gasteiger partial charge is 0.485 e. The summed E-state index contributed by atoms with van der Waals surface area (Å²) in [6, 6.07) is 14.1. The molecule has 0 bridgehead atoms. The molecule has 4 heteroatoms. The van der Waals surface area contributed by atoms with Crippen LogP contribution in [0.4, 0.5) is 0 Å². The molecule has 0 fully saturated rings. The predicted molar refractivity (Wildman–Crippen MR) is 88.0 cm³/mol. The summed E-state index contributed by atoms with van der Waals surface area (Å²) in [6.45, 7) is 4.13. The highest BCUT2D eigenvalue weighted by Gasteiger charge is 2.09. The Morgan fingerprint density at radius 2 is 1.48 bits per heavy atom. The molecule has 4 nitrogen and oxygen atoms in total. The number of Topliss-reactive ketones (excluding diaryl/α,β-unsaturated/α-hetero) is 1. The summed E-state index contributed by atoms with van der Waals surface area (Å²) >= 11 is 0. The second-order valence-electron chi connectivity index (χ2n) is 5.01. The van der Waals surface area contributed by atoms with E-state index in [9.17, 15) is 9.59 Å². The van der Waals surface area contributed by atoms with Gasteiger partial charge in [0.15, 0.2) is 12.4 Å². The molecule has 0 amide bonds. The van der Waals surface area contributed by atoms with Gasteiger partial charge >= 0.3 is 5.97 Å². The number of hydrogen-bond donors (Lipinski definition) is 0. The molecule has 2 aromatic carbocycles. The van der Waals surface area contributed by atoms with Crippen molar-refractivity contribution in [3.05, 3.63) is 65.2 Å². The van der Waals surface area contributed by atoms with E-state index in [4.69, 9.17) is 9.47 Å². The second-order valence-corrected chi connectivity index (χ2v) is 5.01. The maximum Gasteiger partial charge on any atom is 0.338 e. The van der Waals surface area contributed by atoms with Crippen molar-refractivity contribution in [3.8, 4) is 5.75 Å². The Morgan fingerprint density at radius 3 is 2.04 bits per heavy atom. The quantitative estimate of drug-likeness (QED) is 0.578. The number of esters is 1. The fourth-order valence-corrected chi connectivity index (χ4v) is 2.06. The number of aryl methyl sites for hydroxylation is 1. The molecule has 120 valence electrons. The number of carbonyl (C=O) groups is 2. The van der Waals surface area contributed by atoms with Crippen LogP contribution in [-0.4, -0.2) is 25.0 Å². The number of hydrogen-bond acceptors (Lipinski definition) is 4. The first-order chi connectivity index (χ1) is 11.1. The minimum atomic E-state index is -0.369. The second kappa shape index (κ2) is 8.13. The van der Waals surface area contributed by atoms with Crippen molar-refractivity contribution in [2.24, 2.45) is 0 Å². The molecule has 0 radical (unpaired) electrons. The monoisotopic (exact) mass is 312 g/mol. The van der Waals surface area contributed by atoms with E-state index in [-0.39, 0.29) is 18.4 Å². The van der Waals surface area contributed by atoms with E-state index in [1.54, 1.807) is 31.2 Å². The average Bonchev–Trinajstić information content (AvgIpc) is 2.60. The number of ether oxygens (including phenoxy) is 2. The number of carbonyl (C=O) groups excluding carboxylic acids is 2. The highest BCUT2D eigenvalue weighted by Crippen LogP contribution is 2.14. The van der Waals surface area contributed by atoms with E-state index < -0.39 is 0 Å². The molecular formula is C19H20O4. The Morgan fingerprint density at radius 1 is 0.870 bits per heavy atom. The molecule has 0 N–H and O–H groups in total. The van der Waals surface area contributed by atoms with Crippen molar-refractivity contribution in [1.29, 1.82) is 0 Å². The Balaban J connectivity index is 1.92.